The summed E-state index contributed by atoms with van der Waals surface area (Å²) in [4.78, 5) is 24.2. The van der Waals surface area contributed by atoms with Crippen LogP contribution >= 0.6 is 0 Å². The number of primary amides is 1. The molecule has 25 heavy (non-hydrogen) atoms. The predicted molar refractivity (Wildman–Crippen MR) is 86.1 cm³/mol. The van der Waals surface area contributed by atoms with Gasteiger partial charge in [0.05, 0.1) is 6.04 Å². The predicted octanol–water partition coefficient (Wildman–Crippen LogP) is 2.26. The van der Waals surface area contributed by atoms with Crippen molar-refractivity contribution in [2.45, 2.75) is 39.5 Å². The quantitative estimate of drug-likeness (QED) is 0.814. The van der Waals surface area contributed by atoms with Crippen LogP contribution in [-0.2, 0) is 11.3 Å². The smallest absolute Gasteiger partial charge is 0.422 e. The Labute approximate surface area is 144 Å². The number of likely N-dealkylation sites (N-methyl/N-ethyl adjacent to an activating group) is 1. The second-order valence-electron chi connectivity index (χ2n) is 5.91. The highest BCUT2D eigenvalue weighted by Crippen LogP contribution is 2.27. The van der Waals surface area contributed by atoms with E-state index >= 15 is 0 Å². The summed E-state index contributed by atoms with van der Waals surface area (Å²) in [5, 5.41) is 2.00. The Kier molecular flexibility index (Phi) is 6.80. The Hall–Kier alpha value is -2.29. The van der Waals surface area contributed by atoms with Crippen LogP contribution in [0.15, 0.2) is 12.1 Å². The van der Waals surface area contributed by atoms with E-state index in [-0.39, 0.29) is 5.75 Å². The minimum Gasteiger partial charge on any atom is -0.484 e. The van der Waals surface area contributed by atoms with Crippen molar-refractivity contribution in [1.82, 2.24) is 10.2 Å². The monoisotopic (exact) mass is 361 g/mol. The molecule has 3 N–H and O–H groups in total. The second-order valence-corrected chi connectivity index (χ2v) is 5.91. The summed E-state index contributed by atoms with van der Waals surface area (Å²) in [6.07, 6.45) is -4.40. The number of carbonyl (C=O) groups is 2. The van der Waals surface area contributed by atoms with Gasteiger partial charge in [-0.2, -0.15) is 13.2 Å². The zero-order chi connectivity index (χ0) is 19.4. The van der Waals surface area contributed by atoms with Crippen LogP contribution in [0.5, 0.6) is 5.75 Å². The number of rotatable bonds is 6. The van der Waals surface area contributed by atoms with Crippen LogP contribution in [0.3, 0.4) is 0 Å². The maximum Gasteiger partial charge on any atom is 0.422 e. The van der Waals surface area contributed by atoms with E-state index in [0.29, 0.717) is 17.7 Å². The first-order valence-corrected chi connectivity index (χ1v) is 7.51. The molecule has 0 spiro atoms. The number of nitrogens with one attached hydrogen (secondary N) is 1. The van der Waals surface area contributed by atoms with Crippen LogP contribution in [0.2, 0.25) is 0 Å². The van der Waals surface area contributed by atoms with Crippen LogP contribution in [0.4, 0.5) is 18.0 Å². The average molecular weight is 361 g/mol. The topological polar surface area (TPSA) is 84.7 Å². The SMILES string of the molecule is Cc1cc(CN(C)C(C)C(=O)NC(N)=O)cc(C)c1OCC(F)(F)F. The lowest BCUT2D eigenvalue weighted by Gasteiger charge is -2.24. The molecular weight excluding hydrogens is 339 g/mol. The van der Waals surface area contributed by atoms with Gasteiger partial charge in [0.2, 0.25) is 5.91 Å². The van der Waals surface area contributed by atoms with Crippen LogP contribution in [0.25, 0.3) is 0 Å². The third-order valence-corrected chi connectivity index (χ3v) is 3.62. The number of aryl methyl sites for hydroxylation is 2. The van der Waals surface area contributed by atoms with E-state index in [4.69, 9.17) is 10.5 Å². The number of nitrogens with zero attached hydrogens (tertiary/aromatic N) is 1. The van der Waals surface area contributed by atoms with Crippen molar-refractivity contribution < 1.29 is 27.5 Å². The molecule has 0 aliphatic carbocycles. The molecule has 0 aliphatic rings. The molecule has 140 valence electrons. The summed E-state index contributed by atoms with van der Waals surface area (Å²) in [5.41, 5.74) is 6.86. The van der Waals surface area contributed by atoms with Crippen LogP contribution in [0, 0.1) is 13.8 Å². The number of halogens is 3. The molecular formula is C16H22F3N3O3. The van der Waals surface area contributed by atoms with Gasteiger partial charge in [0.1, 0.15) is 5.75 Å². The molecule has 0 saturated heterocycles. The molecule has 1 atom stereocenters. The molecule has 0 radical (unpaired) electrons. The van der Waals surface area contributed by atoms with Crippen molar-refractivity contribution >= 4 is 11.9 Å². The molecule has 0 fully saturated rings. The molecule has 1 unspecified atom stereocenters. The maximum atomic E-state index is 12.3. The summed E-state index contributed by atoms with van der Waals surface area (Å²) in [6.45, 7) is 3.93. The zero-order valence-electron chi connectivity index (χ0n) is 14.5. The van der Waals surface area contributed by atoms with Gasteiger partial charge in [-0.05, 0) is 44.5 Å². The second kappa shape index (κ2) is 8.19. The van der Waals surface area contributed by atoms with Gasteiger partial charge >= 0.3 is 12.2 Å². The van der Waals surface area contributed by atoms with Crippen molar-refractivity contribution in [2.24, 2.45) is 5.73 Å². The number of benzene rings is 1. The molecule has 0 heterocycles. The summed E-state index contributed by atoms with van der Waals surface area (Å²) in [6, 6.07) is 1.86. The number of carbonyl (C=O) groups excluding carboxylic acids is 2. The van der Waals surface area contributed by atoms with Crippen molar-refractivity contribution in [3.63, 3.8) is 0 Å². The maximum absolute atomic E-state index is 12.3. The van der Waals surface area contributed by atoms with Crippen molar-refractivity contribution in [3.05, 3.63) is 28.8 Å². The molecule has 0 aromatic heterocycles. The van der Waals surface area contributed by atoms with Crippen LogP contribution in [-0.4, -0.2) is 42.7 Å². The summed E-state index contributed by atoms with van der Waals surface area (Å²) in [7, 11) is 1.68. The molecule has 1 aromatic carbocycles. The van der Waals surface area contributed by atoms with E-state index in [2.05, 4.69) is 0 Å². The summed E-state index contributed by atoms with van der Waals surface area (Å²) in [5.74, 6) is -0.336. The molecule has 0 bridgehead atoms. The highest BCUT2D eigenvalue weighted by atomic mass is 19.4. The van der Waals surface area contributed by atoms with Gasteiger partial charge in [-0.25, -0.2) is 4.79 Å². The first-order chi connectivity index (χ1) is 11.4. The van der Waals surface area contributed by atoms with Gasteiger partial charge in [0.25, 0.3) is 0 Å². The van der Waals surface area contributed by atoms with Gasteiger partial charge in [0.15, 0.2) is 6.61 Å². The van der Waals surface area contributed by atoms with Gasteiger partial charge < -0.3 is 10.5 Å². The first kappa shape index (κ1) is 20.8. The molecule has 3 amide bonds. The number of urea groups is 1. The van der Waals surface area contributed by atoms with E-state index in [9.17, 15) is 22.8 Å². The molecule has 0 saturated carbocycles. The number of nitrogens with two attached hydrogens (primary N) is 1. The van der Waals surface area contributed by atoms with E-state index < -0.39 is 30.8 Å². The lowest BCUT2D eigenvalue weighted by Crippen LogP contribution is -2.46. The Morgan fingerprint density at radius 1 is 1.28 bits per heavy atom. The van der Waals surface area contributed by atoms with Gasteiger partial charge in [-0.1, -0.05) is 12.1 Å². The van der Waals surface area contributed by atoms with Gasteiger partial charge in [-0.15, -0.1) is 0 Å². The van der Waals surface area contributed by atoms with Gasteiger partial charge in [0, 0.05) is 6.54 Å². The largest absolute Gasteiger partial charge is 0.484 e. The number of hydrogen-bond acceptors (Lipinski definition) is 4. The fraction of sp³-hybridized carbons (Fsp3) is 0.500. The number of alkyl halides is 3. The summed E-state index contributed by atoms with van der Waals surface area (Å²) >= 11 is 0. The number of hydrogen-bond donors (Lipinski definition) is 2. The van der Waals surface area contributed by atoms with Crippen molar-refractivity contribution in [1.29, 1.82) is 0 Å². The molecule has 6 nitrogen and oxygen atoms in total. The highest BCUT2D eigenvalue weighted by molar-refractivity contribution is 5.96. The van der Waals surface area contributed by atoms with E-state index in [1.54, 1.807) is 44.9 Å². The Morgan fingerprint density at radius 2 is 1.80 bits per heavy atom. The lowest BCUT2D eigenvalue weighted by molar-refractivity contribution is -0.153. The minimum absolute atomic E-state index is 0.197. The van der Waals surface area contributed by atoms with Crippen molar-refractivity contribution in [2.75, 3.05) is 13.7 Å². The Bertz CT molecular complexity index is 624. The molecule has 1 aromatic rings. The Morgan fingerprint density at radius 3 is 2.24 bits per heavy atom. The first-order valence-electron chi connectivity index (χ1n) is 7.51. The number of amides is 3. The number of imide groups is 1. The fourth-order valence-corrected chi connectivity index (χ4v) is 2.36. The highest BCUT2D eigenvalue weighted by Gasteiger charge is 2.29. The van der Waals surface area contributed by atoms with E-state index in [0.717, 1.165) is 5.56 Å². The Balaban J connectivity index is 2.83. The third kappa shape index (κ3) is 6.61. The minimum atomic E-state index is -4.40. The van der Waals surface area contributed by atoms with Crippen LogP contribution in [0.1, 0.15) is 23.6 Å². The normalized spacial score (nSPS) is 12.8. The lowest BCUT2D eigenvalue weighted by atomic mass is 10.0. The van der Waals surface area contributed by atoms with E-state index in [1.807, 2.05) is 5.32 Å². The zero-order valence-corrected chi connectivity index (χ0v) is 14.5. The average Bonchev–Trinajstić information content (AvgIpc) is 2.43. The standard InChI is InChI=1S/C16H22F3N3O3/c1-9-5-12(6-10(2)13(9)25-8-16(17,18)19)7-22(4)11(3)14(23)21-15(20)24/h5-6,11H,7-8H2,1-4H3,(H3,20,21,23,24). The third-order valence-electron chi connectivity index (χ3n) is 3.62. The van der Waals surface area contributed by atoms with Crippen LogP contribution < -0.4 is 15.8 Å². The number of ether oxygens (including phenoxy) is 1. The fourth-order valence-electron chi connectivity index (χ4n) is 2.36. The molecule has 9 heteroatoms. The van der Waals surface area contributed by atoms with Crippen molar-refractivity contribution in [3.8, 4) is 5.75 Å². The molecule has 0 aliphatic heterocycles. The summed E-state index contributed by atoms with van der Waals surface area (Å²) < 4.78 is 41.8. The van der Waals surface area contributed by atoms with E-state index in [1.165, 1.54) is 0 Å². The molecule has 1 rings (SSSR count). The van der Waals surface area contributed by atoms with Gasteiger partial charge in [-0.3, -0.25) is 15.0 Å².